The van der Waals surface area contributed by atoms with Gasteiger partial charge in [-0.25, -0.2) is 0 Å². The van der Waals surface area contributed by atoms with Crippen LogP contribution in [0.15, 0.2) is 42.5 Å². The molecule has 2 aromatic rings. The summed E-state index contributed by atoms with van der Waals surface area (Å²) >= 11 is 0. The molecule has 0 aliphatic rings. The molecule has 4 nitrogen and oxygen atoms in total. The minimum atomic E-state index is -0.889. The summed E-state index contributed by atoms with van der Waals surface area (Å²) in [6.07, 6.45) is 0.770. The number of amides is 1. The van der Waals surface area contributed by atoms with E-state index in [0.717, 1.165) is 16.3 Å². The van der Waals surface area contributed by atoms with Crippen molar-refractivity contribution in [1.29, 1.82) is 0 Å². The highest BCUT2D eigenvalue weighted by molar-refractivity contribution is 5.83. The van der Waals surface area contributed by atoms with Crippen molar-refractivity contribution in [3.63, 3.8) is 0 Å². The second-order valence-corrected chi connectivity index (χ2v) is 5.08. The summed E-state index contributed by atoms with van der Waals surface area (Å²) < 4.78 is 0. The van der Waals surface area contributed by atoms with Crippen LogP contribution < -0.4 is 5.32 Å². The number of carboxylic acid groups (broad SMARTS) is 1. The highest BCUT2D eigenvalue weighted by Gasteiger charge is 2.18. The number of benzene rings is 2. The maximum absolute atomic E-state index is 11.3. The molecule has 0 aromatic heterocycles. The molecule has 0 spiro atoms. The molecular formula is C17H19NO3. The lowest BCUT2D eigenvalue weighted by atomic mass is 9.97. The quantitative estimate of drug-likeness (QED) is 0.857. The van der Waals surface area contributed by atoms with Gasteiger partial charge in [-0.05, 0) is 22.8 Å². The van der Waals surface area contributed by atoms with Crippen molar-refractivity contribution in [2.45, 2.75) is 19.8 Å². The second-order valence-electron chi connectivity index (χ2n) is 5.08. The monoisotopic (exact) mass is 285 g/mol. The number of hydrogen-bond acceptors (Lipinski definition) is 2. The Labute approximate surface area is 123 Å². The van der Waals surface area contributed by atoms with Crippen molar-refractivity contribution >= 4 is 22.6 Å². The molecule has 0 bridgehead atoms. The summed E-state index contributed by atoms with van der Waals surface area (Å²) in [5.74, 6) is -1.62. The lowest BCUT2D eigenvalue weighted by Gasteiger charge is -2.13. The van der Waals surface area contributed by atoms with Crippen molar-refractivity contribution in [1.82, 2.24) is 5.32 Å². The van der Waals surface area contributed by atoms with Gasteiger partial charge in [0.2, 0.25) is 5.91 Å². The molecule has 0 saturated carbocycles. The van der Waals surface area contributed by atoms with Crippen molar-refractivity contribution in [3.05, 3.63) is 48.0 Å². The maximum atomic E-state index is 11.3. The molecule has 0 radical (unpaired) electrons. The number of carbonyl (C=O) groups is 2. The molecule has 0 fully saturated rings. The summed E-state index contributed by atoms with van der Waals surface area (Å²) in [4.78, 5) is 22.6. The molecular weight excluding hydrogens is 266 g/mol. The van der Waals surface area contributed by atoms with E-state index in [1.54, 1.807) is 6.92 Å². The van der Waals surface area contributed by atoms with Crippen molar-refractivity contribution < 1.29 is 14.7 Å². The summed E-state index contributed by atoms with van der Waals surface area (Å²) in [5.41, 5.74) is 0.965. The molecule has 21 heavy (non-hydrogen) atoms. The Morgan fingerprint density at radius 1 is 1.14 bits per heavy atom. The first kappa shape index (κ1) is 15.0. The Bertz CT molecular complexity index is 651. The van der Waals surface area contributed by atoms with E-state index >= 15 is 0 Å². The van der Waals surface area contributed by atoms with Gasteiger partial charge in [0, 0.05) is 13.0 Å². The van der Waals surface area contributed by atoms with Gasteiger partial charge in [-0.15, -0.1) is 0 Å². The smallest absolute Gasteiger partial charge is 0.308 e. The number of carboxylic acids is 1. The lowest BCUT2D eigenvalue weighted by Crippen LogP contribution is -2.33. The van der Waals surface area contributed by atoms with Crippen molar-refractivity contribution in [3.8, 4) is 0 Å². The standard InChI is InChI=1S/C17H19NO3/c1-2-16(19)18-11-15(17(20)21)10-12-7-8-13-5-3-4-6-14(13)9-12/h3-9,15H,2,10-11H2,1H3,(H,18,19)(H,20,21). The van der Waals surface area contributed by atoms with E-state index < -0.39 is 11.9 Å². The minimum absolute atomic E-state index is 0.125. The van der Waals surface area contributed by atoms with Crippen LogP contribution in [-0.2, 0) is 16.0 Å². The number of fused-ring (bicyclic) bond motifs is 1. The Hall–Kier alpha value is -2.36. The first-order valence-corrected chi connectivity index (χ1v) is 7.07. The van der Waals surface area contributed by atoms with Crippen LogP contribution in [0.4, 0.5) is 0 Å². The molecule has 0 aliphatic heterocycles. The number of nitrogens with one attached hydrogen (secondary N) is 1. The summed E-state index contributed by atoms with van der Waals surface area (Å²) in [6.45, 7) is 1.91. The lowest BCUT2D eigenvalue weighted by molar-refractivity contribution is -0.141. The molecule has 0 heterocycles. The highest BCUT2D eigenvalue weighted by Crippen LogP contribution is 2.18. The van der Waals surface area contributed by atoms with Crippen LogP contribution in [0.2, 0.25) is 0 Å². The predicted molar refractivity (Wildman–Crippen MR) is 82.1 cm³/mol. The van der Waals surface area contributed by atoms with E-state index in [0.29, 0.717) is 12.8 Å². The molecule has 2 N–H and O–H groups in total. The topological polar surface area (TPSA) is 66.4 Å². The summed E-state index contributed by atoms with van der Waals surface area (Å²) in [7, 11) is 0. The number of rotatable bonds is 6. The second kappa shape index (κ2) is 6.88. The van der Waals surface area contributed by atoms with Crippen LogP contribution in [-0.4, -0.2) is 23.5 Å². The molecule has 1 atom stereocenters. The van der Waals surface area contributed by atoms with Crippen LogP contribution in [0, 0.1) is 5.92 Å². The number of hydrogen-bond donors (Lipinski definition) is 2. The van der Waals surface area contributed by atoms with E-state index in [9.17, 15) is 14.7 Å². The van der Waals surface area contributed by atoms with E-state index in [1.807, 2.05) is 42.5 Å². The van der Waals surface area contributed by atoms with Gasteiger partial charge in [0.1, 0.15) is 0 Å². The third-order valence-corrected chi connectivity index (χ3v) is 3.51. The van der Waals surface area contributed by atoms with Gasteiger partial charge in [-0.2, -0.15) is 0 Å². The fourth-order valence-electron chi connectivity index (χ4n) is 2.26. The SMILES string of the molecule is CCC(=O)NCC(Cc1ccc2ccccc2c1)C(=O)O. The van der Waals surface area contributed by atoms with Gasteiger partial charge in [0.05, 0.1) is 5.92 Å². The summed E-state index contributed by atoms with van der Waals surface area (Å²) in [6, 6.07) is 13.9. The van der Waals surface area contributed by atoms with Gasteiger partial charge >= 0.3 is 5.97 Å². The summed E-state index contributed by atoms with van der Waals surface area (Å²) in [5, 5.41) is 14.2. The van der Waals surface area contributed by atoms with E-state index in [-0.39, 0.29) is 12.5 Å². The van der Waals surface area contributed by atoms with Crippen molar-refractivity contribution in [2.24, 2.45) is 5.92 Å². The average Bonchev–Trinajstić information content (AvgIpc) is 2.50. The Morgan fingerprint density at radius 3 is 2.52 bits per heavy atom. The first-order chi connectivity index (χ1) is 10.1. The molecule has 0 saturated heterocycles. The fraction of sp³-hybridized carbons (Fsp3) is 0.294. The van der Waals surface area contributed by atoms with E-state index in [1.165, 1.54) is 0 Å². The number of aliphatic carboxylic acids is 1. The van der Waals surface area contributed by atoms with Crippen LogP contribution in [0.5, 0.6) is 0 Å². The average molecular weight is 285 g/mol. The molecule has 4 heteroatoms. The van der Waals surface area contributed by atoms with Crippen molar-refractivity contribution in [2.75, 3.05) is 6.54 Å². The van der Waals surface area contributed by atoms with Gasteiger partial charge in [-0.3, -0.25) is 9.59 Å². The Balaban J connectivity index is 2.11. The van der Waals surface area contributed by atoms with Crippen LogP contribution in [0.3, 0.4) is 0 Å². The van der Waals surface area contributed by atoms with Crippen LogP contribution >= 0.6 is 0 Å². The van der Waals surface area contributed by atoms with Gasteiger partial charge in [0.25, 0.3) is 0 Å². The Kier molecular flexibility index (Phi) is 4.93. The zero-order valence-corrected chi connectivity index (χ0v) is 12.0. The largest absolute Gasteiger partial charge is 0.481 e. The van der Waals surface area contributed by atoms with Crippen LogP contribution in [0.25, 0.3) is 10.8 Å². The zero-order valence-electron chi connectivity index (χ0n) is 12.0. The minimum Gasteiger partial charge on any atom is -0.481 e. The molecule has 110 valence electrons. The van der Waals surface area contributed by atoms with Gasteiger partial charge in [-0.1, -0.05) is 49.4 Å². The van der Waals surface area contributed by atoms with E-state index in [4.69, 9.17) is 0 Å². The molecule has 2 rings (SSSR count). The Morgan fingerprint density at radius 2 is 1.86 bits per heavy atom. The molecule has 1 unspecified atom stereocenters. The highest BCUT2D eigenvalue weighted by atomic mass is 16.4. The van der Waals surface area contributed by atoms with E-state index in [2.05, 4.69) is 5.32 Å². The predicted octanol–water partition coefficient (Wildman–Crippen LogP) is 2.61. The fourth-order valence-corrected chi connectivity index (χ4v) is 2.26. The van der Waals surface area contributed by atoms with Crippen LogP contribution in [0.1, 0.15) is 18.9 Å². The molecule has 1 amide bonds. The normalized spacial score (nSPS) is 12.0. The molecule has 0 aliphatic carbocycles. The third-order valence-electron chi connectivity index (χ3n) is 3.51. The first-order valence-electron chi connectivity index (χ1n) is 7.07. The number of carbonyl (C=O) groups excluding carboxylic acids is 1. The third kappa shape index (κ3) is 4.05. The maximum Gasteiger partial charge on any atom is 0.308 e. The van der Waals surface area contributed by atoms with Gasteiger partial charge < -0.3 is 10.4 Å². The zero-order chi connectivity index (χ0) is 15.2. The van der Waals surface area contributed by atoms with Gasteiger partial charge in [0.15, 0.2) is 0 Å². The molecule has 2 aromatic carbocycles.